The number of hydrogen-bond acceptors (Lipinski definition) is 5. The summed E-state index contributed by atoms with van der Waals surface area (Å²) in [6.07, 6.45) is 3.24. The molecule has 0 radical (unpaired) electrons. The lowest BCUT2D eigenvalue weighted by atomic mass is 9.92. The highest BCUT2D eigenvalue weighted by molar-refractivity contribution is 7.17. The molecule has 1 aliphatic carbocycles. The molecular weight excluding hydrogens is 238 g/mol. The van der Waals surface area contributed by atoms with Crippen LogP contribution in [0, 0.1) is 6.92 Å². The Bertz CT molecular complexity index is 419. The van der Waals surface area contributed by atoms with Crippen LogP contribution in [0.4, 0.5) is 5.13 Å². The molecule has 1 heterocycles. The number of nitrogens with zero attached hydrogens (tertiary/aromatic N) is 1. The Labute approximate surface area is 104 Å². The number of aromatic nitrogens is 1. The van der Waals surface area contributed by atoms with Crippen LogP contribution in [0.15, 0.2) is 0 Å². The number of nitrogen functional groups attached to an aromatic ring is 1. The van der Waals surface area contributed by atoms with E-state index in [2.05, 4.69) is 10.3 Å². The van der Waals surface area contributed by atoms with Gasteiger partial charge in [-0.05, 0) is 19.8 Å². The van der Waals surface area contributed by atoms with Gasteiger partial charge in [0, 0.05) is 0 Å². The molecule has 1 fully saturated rings. The Hall–Kier alpha value is -1.14. The molecule has 2 atom stereocenters. The number of thiazole rings is 1. The van der Waals surface area contributed by atoms with Crippen molar-refractivity contribution < 1.29 is 9.90 Å². The molecule has 6 heteroatoms. The molecule has 0 spiro atoms. The average Bonchev–Trinajstić information content (AvgIpc) is 2.61. The fraction of sp³-hybridized carbons (Fsp3) is 0.636. The number of carbonyl (C=O) groups excluding carboxylic acids is 1. The molecule has 1 aromatic rings. The summed E-state index contributed by atoms with van der Waals surface area (Å²) in [5.74, 6) is -0.178. The van der Waals surface area contributed by atoms with E-state index < -0.39 is 6.10 Å². The van der Waals surface area contributed by atoms with Crippen LogP contribution in [0.25, 0.3) is 0 Å². The van der Waals surface area contributed by atoms with Crippen molar-refractivity contribution in [2.75, 3.05) is 5.73 Å². The number of anilines is 1. The van der Waals surface area contributed by atoms with Gasteiger partial charge < -0.3 is 16.2 Å². The summed E-state index contributed by atoms with van der Waals surface area (Å²) in [4.78, 5) is 16.5. The minimum absolute atomic E-state index is 0.140. The molecule has 2 unspecified atom stereocenters. The smallest absolute Gasteiger partial charge is 0.263 e. The lowest BCUT2D eigenvalue weighted by molar-refractivity contribution is 0.0719. The summed E-state index contributed by atoms with van der Waals surface area (Å²) < 4.78 is 0. The Morgan fingerprint density at radius 3 is 2.82 bits per heavy atom. The molecule has 17 heavy (non-hydrogen) atoms. The van der Waals surface area contributed by atoms with E-state index >= 15 is 0 Å². The SMILES string of the molecule is Cc1nc(N)sc1C(=O)NC1CCCCC1O. The topological polar surface area (TPSA) is 88.2 Å². The predicted octanol–water partition coefficient (Wildman–Crippen LogP) is 1.07. The van der Waals surface area contributed by atoms with Gasteiger partial charge in [0.05, 0.1) is 17.8 Å². The maximum absolute atomic E-state index is 12.0. The summed E-state index contributed by atoms with van der Waals surface area (Å²) >= 11 is 1.19. The van der Waals surface area contributed by atoms with Gasteiger partial charge >= 0.3 is 0 Å². The minimum atomic E-state index is -0.432. The van der Waals surface area contributed by atoms with Crippen LogP contribution in [0.5, 0.6) is 0 Å². The Morgan fingerprint density at radius 1 is 1.53 bits per heavy atom. The van der Waals surface area contributed by atoms with Crippen molar-refractivity contribution in [1.29, 1.82) is 0 Å². The molecule has 0 saturated heterocycles. The average molecular weight is 255 g/mol. The number of carbonyl (C=O) groups is 1. The summed E-state index contributed by atoms with van der Waals surface area (Å²) in [6, 6.07) is -0.140. The zero-order valence-electron chi connectivity index (χ0n) is 9.77. The van der Waals surface area contributed by atoms with E-state index in [0.29, 0.717) is 15.7 Å². The first kappa shape index (κ1) is 12.3. The number of aryl methyl sites for hydroxylation is 1. The second-order valence-electron chi connectivity index (χ2n) is 4.40. The Morgan fingerprint density at radius 2 is 2.24 bits per heavy atom. The molecule has 0 aromatic carbocycles. The van der Waals surface area contributed by atoms with E-state index in [-0.39, 0.29) is 11.9 Å². The third kappa shape index (κ3) is 2.76. The number of nitrogens with one attached hydrogen (secondary N) is 1. The van der Waals surface area contributed by atoms with Crippen molar-refractivity contribution in [2.45, 2.75) is 44.8 Å². The number of aliphatic hydroxyl groups is 1. The predicted molar refractivity (Wildman–Crippen MR) is 67.0 cm³/mol. The van der Waals surface area contributed by atoms with E-state index in [4.69, 9.17) is 5.73 Å². The highest BCUT2D eigenvalue weighted by Gasteiger charge is 2.26. The molecule has 1 saturated carbocycles. The zero-order chi connectivity index (χ0) is 12.4. The van der Waals surface area contributed by atoms with Crippen molar-refractivity contribution in [1.82, 2.24) is 10.3 Å². The summed E-state index contributed by atoms with van der Waals surface area (Å²) in [6.45, 7) is 1.76. The second-order valence-corrected chi connectivity index (χ2v) is 5.43. The van der Waals surface area contributed by atoms with Crippen molar-refractivity contribution >= 4 is 22.4 Å². The van der Waals surface area contributed by atoms with Gasteiger partial charge in [-0.3, -0.25) is 4.79 Å². The van der Waals surface area contributed by atoms with Crippen LogP contribution in [-0.4, -0.2) is 28.1 Å². The monoisotopic (exact) mass is 255 g/mol. The van der Waals surface area contributed by atoms with Gasteiger partial charge in [0.25, 0.3) is 5.91 Å². The van der Waals surface area contributed by atoms with Crippen LogP contribution in [0.3, 0.4) is 0 Å². The molecule has 5 nitrogen and oxygen atoms in total. The van der Waals surface area contributed by atoms with Gasteiger partial charge in [-0.15, -0.1) is 0 Å². The van der Waals surface area contributed by atoms with Gasteiger partial charge in [-0.2, -0.15) is 0 Å². The normalized spacial score (nSPS) is 24.6. The number of rotatable bonds is 2. The van der Waals surface area contributed by atoms with E-state index in [1.54, 1.807) is 6.92 Å². The van der Waals surface area contributed by atoms with Gasteiger partial charge in [0.15, 0.2) is 5.13 Å². The largest absolute Gasteiger partial charge is 0.391 e. The van der Waals surface area contributed by atoms with E-state index in [1.165, 1.54) is 11.3 Å². The third-order valence-electron chi connectivity index (χ3n) is 3.07. The molecule has 4 N–H and O–H groups in total. The molecule has 0 bridgehead atoms. The molecular formula is C11H17N3O2S. The fourth-order valence-corrected chi connectivity index (χ4v) is 2.88. The highest BCUT2D eigenvalue weighted by Crippen LogP contribution is 2.22. The third-order valence-corrected chi connectivity index (χ3v) is 4.05. The van der Waals surface area contributed by atoms with E-state index in [1.807, 2.05) is 0 Å². The molecule has 1 amide bonds. The Kier molecular flexibility index (Phi) is 3.63. The van der Waals surface area contributed by atoms with Gasteiger partial charge in [0.2, 0.25) is 0 Å². The van der Waals surface area contributed by atoms with Crippen LogP contribution in [0.1, 0.15) is 41.0 Å². The van der Waals surface area contributed by atoms with Crippen LogP contribution >= 0.6 is 11.3 Å². The summed E-state index contributed by atoms with van der Waals surface area (Å²) in [5, 5.41) is 13.1. The maximum Gasteiger partial charge on any atom is 0.263 e. The second kappa shape index (κ2) is 5.01. The number of amides is 1. The first-order valence-corrected chi connectivity index (χ1v) is 6.61. The lowest BCUT2D eigenvalue weighted by Crippen LogP contribution is -2.45. The maximum atomic E-state index is 12.0. The van der Waals surface area contributed by atoms with Gasteiger partial charge in [-0.1, -0.05) is 24.2 Å². The van der Waals surface area contributed by atoms with Crippen LogP contribution < -0.4 is 11.1 Å². The van der Waals surface area contributed by atoms with Gasteiger partial charge in [-0.25, -0.2) is 4.98 Å². The van der Waals surface area contributed by atoms with Crippen molar-refractivity contribution in [3.8, 4) is 0 Å². The number of aliphatic hydroxyl groups excluding tert-OH is 1. The lowest BCUT2D eigenvalue weighted by Gasteiger charge is -2.28. The molecule has 94 valence electrons. The van der Waals surface area contributed by atoms with Crippen LogP contribution in [-0.2, 0) is 0 Å². The summed E-state index contributed by atoms with van der Waals surface area (Å²) in [5.41, 5.74) is 6.20. The molecule has 1 aliphatic rings. The quantitative estimate of drug-likeness (QED) is 0.737. The van der Waals surface area contributed by atoms with E-state index in [0.717, 1.165) is 25.7 Å². The van der Waals surface area contributed by atoms with Crippen molar-refractivity contribution in [3.63, 3.8) is 0 Å². The molecule has 1 aromatic heterocycles. The highest BCUT2D eigenvalue weighted by atomic mass is 32.1. The minimum Gasteiger partial charge on any atom is -0.391 e. The first-order chi connectivity index (χ1) is 8.08. The fourth-order valence-electron chi connectivity index (χ4n) is 2.14. The van der Waals surface area contributed by atoms with Crippen molar-refractivity contribution in [3.05, 3.63) is 10.6 Å². The number of hydrogen-bond donors (Lipinski definition) is 3. The van der Waals surface area contributed by atoms with E-state index in [9.17, 15) is 9.90 Å². The first-order valence-electron chi connectivity index (χ1n) is 5.79. The molecule has 2 rings (SSSR count). The zero-order valence-corrected chi connectivity index (χ0v) is 10.6. The van der Waals surface area contributed by atoms with Gasteiger partial charge in [0.1, 0.15) is 4.88 Å². The molecule has 0 aliphatic heterocycles. The standard InChI is InChI=1S/C11H17N3O2S/c1-6-9(17-11(12)13-6)10(16)14-7-4-2-3-5-8(7)15/h7-8,15H,2-5H2,1H3,(H2,12,13)(H,14,16). The Balaban J connectivity index is 2.03. The van der Waals surface area contributed by atoms with Crippen molar-refractivity contribution in [2.24, 2.45) is 0 Å². The summed E-state index contributed by atoms with van der Waals surface area (Å²) in [7, 11) is 0. The number of nitrogens with two attached hydrogens (primary N) is 1. The van der Waals surface area contributed by atoms with Crippen LogP contribution in [0.2, 0.25) is 0 Å².